The summed E-state index contributed by atoms with van der Waals surface area (Å²) in [6.07, 6.45) is 8.81. The number of piperidine rings is 1. The zero-order valence-electron chi connectivity index (χ0n) is 11.5. The topological polar surface area (TPSA) is 41.3 Å². The maximum Gasteiger partial charge on any atom is 0.0504 e. The lowest BCUT2D eigenvalue weighted by Crippen LogP contribution is -2.39. The van der Waals surface area contributed by atoms with Crippen molar-refractivity contribution in [3.05, 3.63) is 23.5 Å². The molecule has 0 spiro atoms. The van der Waals surface area contributed by atoms with Crippen LogP contribution in [0.25, 0.3) is 0 Å². The lowest BCUT2D eigenvalue weighted by Gasteiger charge is -2.31. The molecule has 0 aliphatic carbocycles. The van der Waals surface area contributed by atoms with Crippen LogP contribution in [0.3, 0.4) is 0 Å². The summed E-state index contributed by atoms with van der Waals surface area (Å²) in [4.78, 5) is 2.29. The Hall–Kier alpha value is -0.960. The van der Waals surface area contributed by atoms with Gasteiger partial charge >= 0.3 is 0 Å². The third-order valence-electron chi connectivity index (χ3n) is 3.43. The van der Waals surface area contributed by atoms with Gasteiger partial charge in [0.15, 0.2) is 0 Å². The summed E-state index contributed by atoms with van der Waals surface area (Å²) < 4.78 is 0. The van der Waals surface area contributed by atoms with Crippen molar-refractivity contribution in [2.75, 3.05) is 20.1 Å². The van der Waals surface area contributed by atoms with Gasteiger partial charge in [-0.05, 0) is 44.3 Å². The smallest absolute Gasteiger partial charge is 0.0504 e. The second-order valence-electron chi connectivity index (χ2n) is 4.72. The minimum atomic E-state index is 0.634. The Kier molecular flexibility index (Phi) is 6.12. The number of allylic oxidation sites excluding steroid dienone is 2. The summed E-state index contributed by atoms with van der Waals surface area (Å²) in [6, 6.07) is 0.634. The third-order valence-corrected chi connectivity index (χ3v) is 3.43. The molecule has 1 saturated heterocycles. The molecule has 1 aliphatic rings. The van der Waals surface area contributed by atoms with Crippen LogP contribution < -0.4 is 11.1 Å². The molecule has 0 aromatic carbocycles. The first-order valence-electron chi connectivity index (χ1n) is 6.78. The second-order valence-corrected chi connectivity index (χ2v) is 4.72. The van der Waals surface area contributed by atoms with Gasteiger partial charge in [0.05, 0.1) is 5.70 Å². The first-order chi connectivity index (χ1) is 8.19. The Labute approximate surface area is 106 Å². The van der Waals surface area contributed by atoms with E-state index in [0.717, 1.165) is 31.6 Å². The van der Waals surface area contributed by atoms with Gasteiger partial charge in [-0.3, -0.25) is 0 Å². The van der Waals surface area contributed by atoms with Crippen molar-refractivity contribution in [1.29, 1.82) is 0 Å². The van der Waals surface area contributed by atoms with E-state index >= 15 is 0 Å². The van der Waals surface area contributed by atoms with E-state index in [9.17, 15) is 0 Å². The molecular formula is C14H27N3. The highest BCUT2D eigenvalue weighted by Crippen LogP contribution is 2.14. The van der Waals surface area contributed by atoms with Gasteiger partial charge < -0.3 is 16.0 Å². The van der Waals surface area contributed by atoms with Crippen LogP contribution in [0.4, 0.5) is 0 Å². The maximum absolute atomic E-state index is 6.16. The summed E-state index contributed by atoms with van der Waals surface area (Å²) in [5, 5.41) is 3.39. The highest BCUT2D eigenvalue weighted by atomic mass is 15.1. The minimum absolute atomic E-state index is 0.634. The Morgan fingerprint density at radius 1 is 1.35 bits per heavy atom. The average molecular weight is 237 g/mol. The fourth-order valence-corrected chi connectivity index (χ4v) is 2.33. The zero-order chi connectivity index (χ0) is 12.7. The molecule has 17 heavy (non-hydrogen) atoms. The fourth-order valence-electron chi connectivity index (χ4n) is 2.33. The molecule has 0 aromatic heterocycles. The largest absolute Gasteiger partial charge is 0.397 e. The summed E-state index contributed by atoms with van der Waals surface area (Å²) in [5.74, 6) is 0. The zero-order valence-corrected chi connectivity index (χ0v) is 11.5. The van der Waals surface area contributed by atoms with E-state index in [2.05, 4.69) is 43.4 Å². The number of hydrogen-bond donors (Lipinski definition) is 2. The number of nitrogens with one attached hydrogen (secondary N) is 1. The first-order valence-corrected chi connectivity index (χ1v) is 6.78. The van der Waals surface area contributed by atoms with E-state index in [1.54, 1.807) is 0 Å². The van der Waals surface area contributed by atoms with E-state index in [0.29, 0.717) is 6.04 Å². The van der Waals surface area contributed by atoms with Gasteiger partial charge in [0.1, 0.15) is 0 Å². The predicted molar refractivity (Wildman–Crippen MR) is 74.6 cm³/mol. The predicted octanol–water partition coefficient (Wildman–Crippen LogP) is 2.22. The third kappa shape index (κ3) is 4.43. The van der Waals surface area contributed by atoms with E-state index in [4.69, 9.17) is 5.73 Å². The molecule has 1 rings (SSSR count). The Morgan fingerprint density at radius 2 is 2.00 bits per heavy atom. The molecule has 1 aliphatic heterocycles. The lowest BCUT2D eigenvalue weighted by molar-refractivity contribution is 0.262. The van der Waals surface area contributed by atoms with Crippen molar-refractivity contribution in [1.82, 2.24) is 10.2 Å². The Balaban J connectivity index is 2.62. The van der Waals surface area contributed by atoms with E-state index < -0.39 is 0 Å². The van der Waals surface area contributed by atoms with E-state index in [1.807, 2.05) is 0 Å². The Bertz CT molecular complexity index is 275. The number of hydrogen-bond acceptors (Lipinski definition) is 3. The molecule has 0 atom stereocenters. The summed E-state index contributed by atoms with van der Waals surface area (Å²) in [5.41, 5.74) is 8.36. The van der Waals surface area contributed by atoms with Gasteiger partial charge in [-0.25, -0.2) is 0 Å². The molecule has 0 radical (unpaired) electrons. The molecule has 3 N–H and O–H groups in total. The molecule has 0 amide bonds. The number of nitrogens with zero attached hydrogens (tertiary/aromatic N) is 1. The lowest BCUT2D eigenvalue weighted by atomic mass is 10.0. The SMILES string of the molecule is CC/C=C(CC)/C(N)=C\N(C)C1CCNCC1. The van der Waals surface area contributed by atoms with Gasteiger partial charge in [-0.15, -0.1) is 0 Å². The van der Waals surface area contributed by atoms with E-state index in [1.165, 1.54) is 18.4 Å². The summed E-state index contributed by atoms with van der Waals surface area (Å²) in [6.45, 7) is 6.55. The van der Waals surface area contributed by atoms with Gasteiger partial charge in [-0.2, -0.15) is 0 Å². The molecule has 0 saturated carbocycles. The Morgan fingerprint density at radius 3 is 2.53 bits per heavy atom. The van der Waals surface area contributed by atoms with Crippen LogP contribution >= 0.6 is 0 Å². The molecule has 98 valence electrons. The molecule has 0 aromatic rings. The van der Waals surface area contributed by atoms with Crippen molar-refractivity contribution in [2.45, 2.75) is 45.6 Å². The minimum Gasteiger partial charge on any atom is -0.397 e. The molecule has 3 heteroatoms. The standard InChI is InChI=1S/C14H27N3/c1-4-6-12(5-2)14(15)11-17(3)13-7-9-16-10-8-13/h6,11,13,16H,4-5,7-10,15H2,1-3H3/b12-6+,14-11+. The molecule has 0 unspecified atom stereocenters. The van der Waals surface area contributed by atoms with Gasteiger partial charge in [0.2, 0.25) is 0 Å². The van der Waals surface area contributed by atoms with Crippen molar-refractivity contribution in [3.63, 3.8) is 0 Å². The number of nitrogens with two attached hydrogens (primary N) is 1. The number of rotatable bonds is 5. The summed E-state index contributed by atoms with van der Waals surface area (Å²) >= 11 is 0. The molecule has 3 nitrogen and oxygen atoms in total. The highest BCUT2D eigenvalue weighted by Gasteiger charge is 2.15. The monoisotopic (exact) mass is 237 g/mol. The van der Waals surface area contributed by atoms with Crippen LogP contribution in [0, 0.1) is 0 Å². The molecular weight excluding hydrogens is 210 g/mol. The maximum atomic E-state index is 6.16. The molecule has 0 bridgehead atoms. The van der Waals surface area contributed by atoms with Crippen molar-refractivity contribution in [2.24, 2.45) is 5.73 Å². The van der Waals surface area contributed by atoms with Crippen molar-refractivity contribution < 1.29 is 0 Å². The van der Waals surface area contributed by atoms with Gasteiger partial charge in [-0.1, -0.05) is 19.9 Å². The highest BCUT2D eigenvalue weighted by molar-refractivity contribution is 5.27. The van der Waals surface area contributed by atoms with Crippen LogP contribution in [0.2, 0.25) is 0 Å². The molecule has 1 heterocycles. The fraction of sp³-hybridized carbons (Fsp3) is 0.714. The summed E-state index contributed by atoms with van der Waals surface area (Å²) in [7, 11) is 2.14. The average Bonchev–Trinajstić information content (AvgIpc) is 2.36. The van der Waals surface area contributed by atoms with Crippen molar-refractivity contribution >= 4 is 0 Å². The van der Waals surface area contributed by atoms with E-state index in [-0.39, 0.29) is 0 Å². The second kappa shape index (κ2) is 7.38. The van der Waals surface area contributed by atoms with Crippen LogP contribution in [0.5, 0.6) is 0 Å². The van der Waals surface area contributed by atoms with Gasteiger partial charge in [0.25, 0.3) is 0 Å². The first kappa shape index (κ1) is 14.1. The van der Waals surface area contributed by atoms with Crippen LogP contribution in [-0.2, 0) is 0 Å². The van der Waals surface area contributed by atoms with Gasteiger partial charge in [0, 0.05) is 19.3 Å². The quantitative estimate of drug-likeness (QED) is 0.720. The normalized spacial score (nSPS) is 19.5. The van der Waals surface area contributed by atoms with Crippen molar-refractivity contribution in [3.8, 4) is 0 Å². The van der Waals surface area contributed by atoms with Crippen LogP contribution in [0.15, 0.2) is 23.5 Å². The van der Waals surface area contributed by atoms with Crippen LogP contribution in [0.1, 0.15) is 39.5 Å². The molecule has 1 fully saturated rings. The van der Waals surface area contributed by atoms with Crippen LogP contribution in [-0.4, -0.2) is 31.1 Å².